The first-order valence-electron chi connectivity index (χ1n) is 8.84. The Bertz CT molecular complexity index is 1040. The van der Waals surface area contributed by atoms with Gasteiger partial charge in [-0.15, -0.1) is 31.7 Å². The molecule has 0 N–H and O–H groups in total. The molecule has 4 aromatic rings. The summed E-state index contributed by atoms with van der Waals surface area (Å²) in [6, 6.07) is 14.5. The Morgan fingerprint density at radius 3 is 2.67 bits per heavy atom. The second-order valence-electron chi connectivity index (χ2n) is 6.46. The van der Waals surface area contributed by atoms with Gasteiger partial charge in [-0.1, -0.05) is 36.0 Å². The van der Waals surface area contributed by atoms with Gasteiger partial charge in [0.2, 0.25) is 11.8 Å². The molecule has 136 valence electrons. The lowest BCUT2D eigenvalue weighted by molar-refractivity contribution is 0.508. The van der Waals surface area contributed by atoms with Gasteiger partial charge in [0.05, 0.1) is 10.1 Å². The highest BCUT2D eigenvalue weighted by Crippen LogP contribution is 2.44. The Balaban J connectivity index is 1.40. The minimum Gasteiger partial charge on any atom is -0.419 e. The number of aromatic nitrogens is 5. The first-order valence-corrected chi connectivity index (χ1v) is 10.6. The van der Waals surface area contributed by atoms with Crippen molar-refractivity contribution in [2.24, 2.45) is 0 Å². The fourth-order valence-electron chi connectivity index (χ4n) is 2.90. The van der Waals surface area contributed by atoms with Crippen molar-refractivity contribution < 1.29 is 4.42 Å². The molecule has 1 aromatic carbocycles. The molecule has 1 fully saturated rings. The molecule has 1 aliphatic rings. The third kappa shape index (κ3) is 3.30. The lowest BCUT2D eigenvalue weighted by Crippen LogP contribution is -2.00. The second kappa shape index (κ2) is 6.94. The summed E-state index contributed by atoms with van der Waals surface area (Å²) in [6.45, 7) is 2.06. The number of thioether (sulfide) groups is 1. The lowest BCUT2D eigenvalue weighted by atomic mass is 10.2. The molecule has 1 atom stereocenters. The van der Waals surface area contributed by atoms with E-state index in [-0.39, 0.29) is 5.25 Å². The van der Waals surface area contributed by atoms with Gasteiger partial charge in [-0.3, -0.25) is 4.57 Å². The minimum atomic E-state index is -0.00662. The average Bonchev–Trinajstić information content (AvgIpc) is 3.11. The maximum Gasteiger partial charge on any atom is 0.247 e. The van der Waals surface area contributed by atoms with Gasteiger partial charge in [0.15, 0.2) is 11.0 Å². The van der Waals surface area contributed by atoms with Gasteiger partial charge in [0.25, 0.3) is 0 Å². The Hall–Kier alpha value is -2.45. The van der Waals surface area contributed by atoms with Crippen LogP contribution < -0.4 is 0 Å². The Morgan fingerprint density at radius 1 is 1.07 bits per heavy atom. The number of hydrogen-bond acceptors (Lipinski definition) is 7. The van der Waals surface area contributed by atoms with Crippen molar-refractivity contribution in [2.75, 3.05) is 0 Å². The largest absolute Gasteiger partial charge is 0.419 e. The van der Waals surface area contributed by atoms with E-state index in [0.29, 0.717) is 17.8 Å². The molecule has 3 heterocycles. The molecule has 6 nitrogen and oxygen atoms in total. The molecule has 27 heavy (non-hydrogen) atoms. The fourth-order valence-corrected chi connectivity index (χ4v) is 4.55. The summed E-state index contributed by atoms with van der Waals surface area (Å²) in [6.07, 6.45) is 2.36. The maximum atomic E-state index is 5.90. The zero-order valence-electron chi connectivity index (χ0n) is 14.6. The number of thiophene rings is 1. The third-order valence-electron chi connectivity index (χ3n) is 4.41. The monoisotopic (exact) mass is 395 g/mol. The van der Waals surface area contributed by atoms with Crippen LogP contribution >= 0.6 is 23.1 Å². The molecule has 8 heteroatoms. The van der Waals surface area contributed by atoms with E-state index in [2.05, 4.69) is 43.3 Å². The van der Waals surface area contributed by atoms with E-state index in [1.165, 1.54) is 12.8 Å². The van der Waals surface area contributed by atoms with E-state index in [9.17, 15) is 0 Å². The van der Waals surface area contributed by atoms with Crippen LogP contribution in [0.15, 0.2) is 57.4 Å². The summed E-state index contributed by atoms with van der Waals surface area (Å²) in [7, 11) is 0. The molecule has 0 spiro atoms. The van der Waals surface area contributed by atoms with Crippen LogP contribution in [0.2, 0.25) is 0 Å². The summed E-state index contributed by atoms with van der Waals surface area (Å²) in [5.74, 6) is 2.10. The molecule has 0 aliphatic heterocycles. The summed E-state index contributed by atoms with van der Waals surface area (Å²) in [5, 5.41) is 20.3. The van der Waals surface area contributed by atoms with Gasteiger partial charge in [0, 0.05) is 11.6 Å². The van der Waals surface area contributed by atoms with E-state index >= 15 is 0 Å². The van der Waals surface area contributed by atoms with Crippen LogP contribution in [0.25, 0.3) is 22.2 Å². The van der Waals surface area contributed by atoms with Gasteiger partial charge in [-0.25, -0.2) is 0 Å². The fraction of sp³-hybridized carbons (Fsp3) is 0.263. The van der Waals surface area contributed by atoms with Gasteiger partial charge >= 0.3 is 0 Å². The molecule has 0 amide bonds. The first kappa shape index (κ1) is 16.7. The zero-order valence-corrected chi connectivity index (χ0v) is 16.3. The Morgan fingerprint density at radius 2 is 1.93 bits per heavy atom. The summed E-state index contributed by atoms with van der Waals surface area (Å²) in [4.78, 5) is 1.15. The SMILES string of the molecule is CC(Sc1nnc(-c2cccs2)n1C1CC1)c1nnc(-c2ccccc2)o1. The summed E-state index contributed by atoms with van der Waals surface area (Å²) >= 11 is 3.31. The molecule has 5 rings (SSSR count). The predicted molar refractivity (Wildman–Crippen MR) is 106 cm³/mol. The molecule has 0 bridgehead atoms. The van der Waals surface area contributed by atoms with E-state index in [0.717, 1.165) is 21.4 Å². The Kier molecular flexibility index (Phi) is 4.29. The van der Waals surface area contributed by atoms with Crippen molar-refractivity contribution in [3.63, 3.8) is 0 Å². The number of hydrogen-bond donors (Lipinski definition) is 0. The molecule has 0 saturated heterocycles. The average molecular weight is 396 g/mol. The van der Waals surface area contributed by atoms with Crippen LogP contribution in [0.4, 0.5) is 0 Å². The summed E-state index contributed by atoms with van der Waals surface area (Å²) < 4.78 is 8.17. The van der Waals surface area contributed by atoms with E-state index in [4.69, 9.17) is 4.42 Å². The van der Waals surface area contributed by atoms with Crippen molar-refractivity contribution in [2.45, 2.75) is 36.2 Å². The van der Waals surface area contributed by atoms with Crippen LogP contribution in [-0.2, 0) is 0 Å². The first-order chi connectivity index (χ1) is 13.3. The number of rotatable bonds is 6. The second-order valence-corrected chi connectivity index (χ2v) is 8.71. The van der Waals surface area contributed by atoms with Crippen molar-refractivity contribution in [3.8, 4) is 22.2 Å². The standard InChI is InChI=1S/C19H17N5OS2/c1-12(17-21-22-18(25-17)13-6-3-2-4-7-13)27-19-23-20-16(15-8-5-11-26-15)24(19)14-9-10-14/h2-8,11-12,14H,9-10H2,1H3. The minimum absolute atomic E-state index is 0.00662. The molecule has 3 aromatic heterocycles. The molecule has 0 radical (unpaired) electrons. The smallest absolute Gasteiger partial charge is 0.247 e. The molecule has 1 aliphatic carbocycles. The van der Waals surface area contributed by atoms with Crippen LogP contribution in [0.1, 0.15) is 36.9 Å². The van der Waals surface area contributed by atoms with Crippen LogP contribution in [0.3, 0.4) is 0 Å². The van der Waals surface area contributed by atoms with Crippen molar-refractivity contribution in [1.29, 1.82) is 0 Å². The molecular weight excluding hydrogens is 378 g/mol. The van der Waals surface area contributed by atoms with Gasteiger partial charge in [-0.05, 0) is 43.3 Å². The van der Waals surface area contributed by atoms with Crippen molar-refractivity contribution >= 4 is 23.1 Å². The zero-order chi connectivity index (χ0) is 18.2. The summed E-state index contributed by atoms with van der Waals surface area (Å²) in [5.41, 5.74) is 0.926. The van der Waals surface area contributed by atoms with Gasteiger partial charge in [-0.2, -0.15) is 0 Å². The van der Waals surface area contributed by atoms with Gasteiger partial charge in [0.1, 0.15) is 0 Å². The third-order valence-corrected chi connectivity index (χ3v) is 6.32. The highest BCUT2D eigenvalue weighted by molar-refractivity contribution is 7.99. The normalized spacial score (nSPS) is 15.1. The van der Waals surface area contributed by atoms with Crippen molar-refractivity contribution in [3.05, 3.63) is 53.7 Å². The highest BCUT2D eigenvalue weighted by atomic mass is 32.2. The topological polar surface area (TPSA) is 69.6 Å². The lowest BCUT2D eigenvalue weighted by Gasteiger charge is -2.10. The van der Waals surface area contributed by atoms with Crippen LogP contribution in [-0.4, -0.2) is 25.0 Å². The molecule has 1 unspecified atom stereocenters. The van der Waals surface area contributed by atoms with Crippen LogP contribution in [0.5, 0.6) is 0 Å². The van der Waals surface area contributed by atoms with E-state index < -0.39 is 0 Å². The maximum absolute atomic E-state index is 5.90. The molecule has 1 saturated carbocycles. The van der Waals surface area contributed by atoms with E-state index in [1.54, 1.807) is 23.1 Å². The highest BCUT2D eigenvalue weighted by Gasteiger charge is 2.31. The Labute approximate surface area is 164 Å². The van der Waals surface area contributed by atoms with Gasteiger partial charge < -0.3 is 4.42 Å². The molecular formula is C19H17N5OS2. The number of benzene rings is 1. The number of nitrogens with zero attached hydrogens (tertiary/aromatic N) is 5. The quantitative estimate of drug-likeness (QED) is 0.416. The van der Waals surface area contributed by atoms with E-state index in [1.807, 2.05) is 36.4 Å². The van der Waals surface area contributed by atoms with Crippen LogP contribution in [0, 0.1) is 0 Å². The van der Waals surface area contributed by atoms with Crippen molar-refractivity contribution in [1.82, 2.24) is 25.0 Å². The predicted octanol–water partition coefficient (Wildman–Crippen LogP) is 5.24.